The zero-order valence-electron chi connectivity index (χ0n) is 12.8. The van der Waals surface area contributed by atoms with E-state index >= 15 is 0 Å². The first kappa shape index (κ1) is 16.5. The highest BCUT2D eigenvalue weighted by molar-refractivity contribution is 7.88. The summed E-state index contributed by atoms with van der Waals surface area (Å²) < 4.78 is 24.2. The molecule has 1 aliphatic rings. The summed E-state index contributed by atoms with van der Waals surface area (Å²) in [6.07, 6.45) is 4.65. The molecule has 1 aromatic rings. The number of hydrogen-bond donors (Lipinski definition) is 1. The fraction of sp³-hybridized carbons (Fsp3) is 0.400. The van der Waals surface area contributed by atoms with Gasteiger partial charge in [0, 0.05) is 32.4 Å². The molecule has 22 heavy (non-hydrogen) atoms. The van der Waals surface area contributed by atoms with E-state index in [9.17, 15) is 13.2 Å². The summed E-state index contributed by atoms with van der Waals surface area (Å²) >= 11 is 0. The first-order valence-corrected chi connectivity index (χ1v) is 8.95. The Labute approximate surface area is 131 Å². The largest absolute Gasteiger partial charge is 0.322 e. The minimum atomic E-state index is -3.17. The maximum absolute atomic E-state index is 12.0. The van der Waals surface area contributed by atoms with Crippen molar-refractivity contribution < 1.29 is 13.2 Å². The summed E-state index contributed by atoms with van der Waals surface area (Å²) in [7, 11) is -3.17. The van der Waals surface area contributed by atoms with Gasteiger partial charge in [-0.2, -0.15) is 4.31 Å². The zero-order chi connectivity index (χ0) is 16.2. The van der Waals surface area contributed by atoms with E-state index in [0.29, 0.717) is 26.2 Å². The number of amides is 2. The number of carbonyl (C=O) groups excluding carboxylic acids is 1. The number of nitrogens with zero attached hydrogens (tertiary/aromatic N) is 2. The lowest BCUT2D eigenvalue weighted by Crippen LogP contribution is -2.52. The van der Waals surface area contributed by atoms with Gasteiger partial charge < -0.3 is 10.2 Å². The number of nitrogens with one attached hydrogen (secondary N) is 1. The van der Waals surface area contributed by atoms with Crippen molar-refractivity contribution in [3.63, 3.8) is 0 Å². The Hall–Kier alpha value is -1.86. The molecule has 1 heterocycles. The normalized spacial score (nSPS) is 16.9. The van der Waals surface area contributed by atoms with Gasteiger partial charge in [-0.1, -0.05) is 24.3 Å². The minimum Gasteiger partial charge on any atom is -0.322 e. The van der Waals surface area contributed by atoms with E-state index in [0.717, 1.165) is 11.1 Å². The average Bonchev–Trinajstić information content (AvgIpc) is 2.48. The third-order valence-electron chi connectivity index (χ3n) is 3.65. The topological polar surface area (TPSA) is 69.7 Å². The second kappa shape index (κ2) is 6.93. The molecule has 1 aromatic carbocycles. The number of hydrogen-bond acceptors (Lipinski definition) is 3. The van der Waals surface area contributed by atoms with Crippen LogP contribution in [0.25, 0.3) is 6.08 Å². The molecule has 0 saturated carbocycles. The molecule has 1 fully saturated rings. The lowest BCUT2D eigenvalue weighted by atomic mass is 10.1. The van der Waals surface area contributed by atoms with Crippen molar-refractivity contribution in [2.45, 2.75) is 6.92 Å². The van der Waals surface area contributed by atoms with Crippen LogP contribution < -0.4 is 5.32 Å². The number of aryl methyl sites for hydroxylation is 1. The smallest absolute Gasteiger partial charge is 0.321 e. The van der Waals surface area contributed by atoms with Gasteiger partial charge in [0.05, 0.1) is 6.26 Å². The lowest BCUT2D eigenvalue weighted by Gasteiger charge is -2.32. The van der Waals surface area contributed by atoms with E-state index in [1.807, 2.05) is 37.3 Å². The van der Waals surface area contributed by atoms with Crippen molar-refractivity contribution in [2.75, 3.05) is 32.4 Å². The molecule has 1 saturated heterocycles. The van der Waals surface area contributed by atoms with Crippen molar-refractivity contribution in [3.8, 4) is 0 Å². The van der Waals surface area contributed by atoms with Gasteiger partial charge >= 0.3 is 6.03 Å². The van der Waals surface area contributed by atoms with Crippen molar-refractivity contribution in [3.05, 3.63) is 41.6 Å². The maximum atomic E-state index is 12.0. The highest BCUT2D eigenvalue weighted by Gasteiger charge is 2.25. The van der Waals surface area contributed by atoms with Gasteiger partial charge in [-0.15, -0.1) is 0 Å². The number of benzene rings is 1. The molecule has 0 unspecified atom stereocenters. The molecular formula is C15H21N3O3S. The van der Waals surface area contributed by atoms with Crippen LogP contribution in [0.15, 0.2) is 30.5 Å². The molecule has 120 valence electrons. The Morgan fingerprint density at radius 2 is 1.82 bits per heavy atom. The fourth-order valence-corrected chi connectivity index (χ4v) is 3.12. The van der Waals surface area contributed by atoms with Crippen LogP contribution in [0.3, 0.4) is 0 Å². The predicted molar refractivity (Wildman–Crippen MR) is 86.7 cm³/mol. The van der Waals surface area contributed by atoms with Gasteiger partial charge in [-0.3, -0.25) is 0 Å². The van der Waals surface area contributed by atoms with Crippen LogP contribution in [0.1, 0.15) is 11.1 Å². The monoisotopic (exact) mass is 323 g/mol. The second-order valence-corrected chi connectivity index (χ2v) is 7.27. The standard InChI is InChI=1S/C15H21N3O3S/c1-13-5-3-4-6-14(13)7-8-16-15(19)17-9-11-18(12-10-17)22(2,20)21/h3-8H,9-12H2,1-2H3,(H,16,19)/b8-7+. The number of urea groups is 1. The highest BCUT2D eigenvalue weighted by atomic mass is 32.2. The van der Waals surface area contributed by atoms with Gasteiger partial charge in [-0.25, -0.2) is 13.2 Å². The average molecular weight is 323 g/mol. The Balaban J connectivity index is 1.85. The highest BCUT2D eigenvalue weighted by Crippen LogP contribution is 2.09. The van der Waals surface area contributed by atoms with Crippen LogP contribution in [0.5, 0.6) is 0 Å². The fourth-order valence-electron chi connectivity index (χ4n) is 2.29. The third kappa shape index (κ3) is 4.32. The van der Waals surface area contributed by atoms with Crippen LogP contribution in [0.2, 0.25) is 0 Å². The van der Waals surface area contributed by atoms with Gasteiger partial charge in [0.15, 0.2) is 0 Å². The van der Waals surface area contributed by atoms with Gasteiger partial charge in [0.1, 0.15) is 0 Å². The molecule has 1 aliphatic heterocycles. The molecule has 0 atom stereocenters. The number of rotatable bonds is 3. The van der Waals surface area contributed by atoms with Crippen molar-refractivity contribution in [1.82, 2.24) is 14.5 Å². The molecular weight excluding hydrogens is 302 g/mol. The Bertz CT molecular complexity index is 662. The summed E-state index contributed by atoms with van der Waals surface area (Å²) in [4.78, 5) is 13.6. The van der Waals surface area contributed by atoms with E-state index in [2.05, 4.69) is 5.32 Å². The van der Waals surface area contributed by atoms with E-state index in [1.54, 1.807) is 11.1 Å². The van der Waals surface area contributed by atoms with E-state index in [-0.39, 0.29) is 6.03 Å². The lowest BCUT2D eigenvalue weighted by molar-refractivity contribution is 0.176. The second-order valence-electron chi connectivity index (χ2n) is 5.29. The summed E-state index contributed by atoms with van der Waals surface area (Å²) in [5.41, 5.74) is 2.18. The zero-order valence-corrected chi connectivity index (χ0v) is 13.6. The molecule has 0 spiro atoms. The van der Waals surface area contributed by atoms with Crippen LogP contribution in [-0.2, 0) is 10.0 Å². The Morgan fingerprint density at radius 1 is 1.18 bits per heavy atom. The predicted octanol–water partition coefficient (Wildman–Crippen LogP) is 1.25. The third-order valence-corrected chi connectivity index (χ3v) is 4.96. The van der Waals surface area contributed by atoms with Gasteiger partial charge in [0.25, 0.3) is 0 Å². The van der Waals surface area contributed by atoms with Crippen molar-refractivity contribution in [2.24, 2.45) is 0 Å². The number of piperazine rings is 1. The molecule has 0 aromatic heterocycles. The maximum Gasteiger partial charge on any atom is 0.321 e. The van der Waals surface area contributed by atoms with Crippen LogP contribution >= 0.6 is 0 Å². The molecule has 1 N–H and O–H groups in total. The number of sulfonamides is 1. The van der Waals surface area contributed by atoms with Crippen LogP contribution in [0.4, 0.5) is 4.79 Å². The summed E-state index contributed by atoms with van der Waals surface area (Å²) in [6, 6.07) is 7.68. The summed E-state index contributed by atoms with van der Waals surface area (Å²) in [6.45, 7) is 3.49. The van der Waals surface area contributed by atoms with E-state index in [4.69, 9.17) is 0 Å². The molecule has 7 heteroatoms. The van der Waals surface area contributed by atoms with E-state index in [1.165, 1.54) is 10.6 Å². The SMILES string of the molecule is Cc1ccccc1/C=C/NC(=O)N1CCN(S(C)(=O)=O)CC1. The number of carbonyl (C=O) groups is 1. The first-order chi connectivity index (χ1) is 10.4. The molecule has 0 aliphatic carbocycles. The molecule has 6 nitrogen and oxygen atoms in total. The van der Waals surface area contributed by atoms with Crippen LogP contribution in [-0.4, -0.2) is 56.1 Å². The Morgan fingerprint density at radius 3 is 2.41 bits per heavy atom. The van der Waals surface area contributed by atoms with Crippen molar-refractivity contribution in [1.29, 1.82) is 0 Å². The van der Waals surface area contributed by atoms with Gasteiger partial charge in [-0.05, 0) is 24.1 Å². The Kier molecular flexibility index (Phi) is 5.20. The first-order valence-electron chi connectivity index (χ1n) is 7.10. The van der Waals surface area contributed by atoms with Crippen molar-refractivity contribution >= 4 is 22.1 Å². The summed E-state index contributed by atoms with van der Waals surface area (Å²) in [5, 5.41) is 2.72. The van der Waals surface area contributed by atoms with Gasteiger partial charge in [0.2, 0.25) is 10.0 Å². The summed E-state index contributed by atoms with van der Waals surface area (Å²) in [5.74, 6) is 0. The molecule has 2 amide bonds. The minimum absolute atomic E-state index is 0.210. The molecule has 0 bridgehead atoms. The van der Waals surface area contributed by atoms with Crippen LogP contribution in [0, 0.1) is 6.92 Å². The van der Waals surface area contributed by atoms with E-state index < -0.39 is 10.0 Å². The molecule has 2 rings (SSSR count). The quantitative estimate of drug-likeness (QED) is 0.910. The molecule has 0 radical (unpaired) electrons.